The Morgan fingerprint density at radius 2 is 1.92 bits per heavy atom. The van der Waals surface area contributed by atoms with Gasteiger partial charge in [-0.25, -0.2) is 0 Å². The van der Waals surface area contributed by atoms with E-state index in [0.29, 0.717) is 11.5 Å². The highest BCUT2D eigenvalue weighted by Crippen LogP contribution is 2.52. The van der Waals surface area contributed by atoms with E-state index in [4.69, 9.17) is 9.57 Å². The van der Waals surface area contributed by atoms with Crippen molar-refractivity contribution in [2.45, 2.75) is 53.0 Å². The smallest absolute Gasteiger partial charge is 0.263 e. The van der Waals surface area contributed by atoms with Gasteiger partial charge in [0.2, 0.25) is 0 Å². The summed E-state index contributed by atoms with van der Waals surface area (Å²) < 4.78 is 5.15. The number of methoxy groups -OCH3 is 1. The minimum atomic E-state index is 0.000499. The van der Waals surface area contributed by atoms with Crippen molar-refractivity contribution < 1.29 is 14.4 Å². The van der Waals surface area contributed by atoms with Crippen LogP contribution in [-0.4, -0.2) is 42.8 Å². The monoisotopic (exact) mass is 358 g/mol. The van der Waals surface area contributed by atoms with E-state index in [0.717, 1.165) is 36.4 Å². The van der Waals surface area contributed by atoms with Crippen LogP contribution in [0.2, 0.25) is 0 Å². The van der Waals surface area contributed by atoms with Gasteiger partial charge in [-0.15, -0.1) is 0 Å². The van der Waals surface area contributed by atoms with E-state index in [9.17, 15) is 4.79 Å². The van der Waals surface area contributed by atoms with Crippen LogP contribution in [0, 0.1) is 10.8 Å². The van der Waals surface area contributed by atoms with Gasteiger partial charge in [0.05, 0.1) is 12.8 Å². The highest BCUT2D eigenvalue weighted by Gasteiger charge is 2.50. The largest absolute Gasteiger partial charge is 0.497 e. The van der Waals surface area contributed by atoms with Crippen molar-refractivity contribution in [2.75, 3.05) is 20.3 Å². The van der Waals surface area contributed by atoms with E-state index >= 15 is 0 Å². The maximum absolute atomic E-state index is 12.7. The van der Waals surface area contributed by atoms with Gasteiger partial charge in [-0.3, -0.25) is 4.79 Å². The Morgan fingerprint density at radius 3 is 2.58 bits per heavy atom. The van der Waals surface area contributed by atoms with Crippen LogP contribution < -0.4 is 4.74 Å². The zero-order valence-corrected chi connectivity index (χ0v) is 16.5. The number of rotatable bonds is 5. The normalized spacial score (nSPS) is 27.3. The van der Waals surface area contributed by atoms with Crippen LogP contribution in [0.5, 0.6) is 5.75 Å². The highest BCUT2D eigenvalue weighted by atomic mass is 16.6. The second-order valence-corrected chi connectivity index (χ2v) is 8.91. The fourth-order valence-electron chi connectivity index (χ4n) is 4.90. The molecule has 0 unspecified atom stereocenters. The standard InChI is InChI=1S/C21H30N2O3/c1-15(16-6-8-18(25-5)9-7-16)22-26-12-19(24)23-14-21(4)11-17(23)10-20(2,3)13-21/h6-9,17H,10-14H2,1-5H3/b22-15-/t17-,21-/m0/s1. The lowest BCUT2D eigenvalue weighted by Gasteiger charge is -2.39. The predicted molar refractivity (Wildman–Crippen MR) is 102 cm³/mol. The van der Waals surface area contributed by atoms with Crippen molar-refractivity contribution >= 4 is 11.6 Å². The summed E-state index contributed by atoms with van der Waals surface area (Å²) in [7, 11) is 1.64. The summed E-state index contributed by atoms with van der Waals surface area (Å²) in [6.45, 7) is 9.64. The van der Waals surface area contributed by atoms with E-state index in [1.165, 1.54) is 6.42 Å². The third kappa shape index (κ3) is 4.02. The molecule has 0 radical (unpaired) electrons. The molecule has 1 heterocycles. The summed E-state index contributed by atoms with van der Waals surface area (Å²) in [6.07, 6.45) is 3.36. The molecule has 2 bridgehead atoms. The Labute approximate surface area is 156 Å². The molecule has 2 fully saturated rings. The number of hydrogen-bond donors (Lipinski definition) is 0. The molecule has 26 heavy (non-hydrogen) atoms. The summed E-state index contributed by atoms with van der Waals surface area (Å²) in [5.74, 6) is 0.844. The lowest BCUT2D eigenvalue weighted by Crippen LogP contribution is -2.39. The number of likely N-dealkylation sites (tertiary alicyclic amines) is 1. The Hall–Kier alpha value is -2.04. The van der Waals surface area contributed by atoms with Crippen molar-refractivity contribution in [3.8, 4) is 5.75 Å². The maximum atomic E-state index is 12.7. The quantitative estimate of drug-likeness (QED) is 0.593. The lowest BCUT2D eigenvalue weighted by molar-refractivity contribution is -0.137. The first kappa shape index (κ1) is 18.7. The first-order valence-corrected chi connectivity index (χ1v) is 9.32. The van der Waals surface area contributed by atoms with Crippen LogP contribution in [0.1, 0.15) is 52.5 Å². The number of amides is 1. The van der Waals surface area contributed by atoms with Crippen LogP contribution in [0.25, 0.3) is 0 Å². The van der Waals surface area contributed by atoms with Gasteiger partial charge in [0.15, 0.2) is 6.61 Å². The van der Waals surface area contributed by atoms with E-state index in [-0.39, 0.29) is 17.9 Å². The number of carbonyl (C=O) groups is 1. The second-order valence-electron chi connectivity index (χ2n) is 8.91. The minimum Gasteiger partial charge on any atom is -0.497 e. The molecule has 1 saturated heterocycles. The topological polar surface area (TPSA) is 51.1 Å². The Bertz CT molecular complexity index is 696. The molecule has 0 spiro atoms. The molecule has 1 aliphatic carbocycles. The molecule has 2 atom stereocenters. The van der Waals surface area contributed by atoms with E-state index < -0.39 is 0 Å². The Morgan fingerprint density at radius 1 is 1.23 bits per heavy atom. The maximum Gasteiger partial charge on any atom is 0.263 e. The third-order valence-corrected chi connectivity index (χ3v) is 5.63. The number of ether oxygens (including phenoxy) is 1. The molecule has 1 aromatic rings. The number of oxime groups is 1. The molecular formula is C21H30N2O3. The molecule has 0 aromatic heterocycles. The molecule has 1 saturated carbocycles. The first-order valence-electron chi connectivity index (χ1n) is 9.32. The fraction of sp³-hybridized carbons (Fsp3) is 0.619. The van der Waals surface area contributed by atoms with Crippen LogP contribution in [0.15, 0.2) is 29.4 Å². The van der Waals surface area contributed by atoms with Crippen molar-refractivity contribution in [2.24, 2.45) is 16.0 Å². The summed E-state index contributed by atoms with van der Waals surface area (Å²) in [6, 6.07) is 7.95. The average Bonchev–Trinajstić information content (AvgIpc) is 2.83. The summed E-state index contributed by atoms with van der Waals surface area (Å²) in [5, 5.41) is 4.12. The second kappa shape index (κ2) is 6.93. The summed E-state index contributed by atoms with van der Waals surface area (Å²) >= 11 is 0. The van der Waals surface area contributed by atoms with Gasteiger partial charge >= 0.3 is 0 Å². The Kier molecular flexibility index (Phi) is 5.00. The van der Waals surface area contributed by atoms with Crippen molar-refractivity contribution in [3.63, 3.8) is 0 Å². The molecule has 5 nitrogen and oxygen atoms in total. The molecule has 142 valence electrons. The highest BCUT2D eigenvalue weighted by molar-refractivity contribution is 5.98. The molecule has 2 aliphatic rings. The summed E-state index contributed by atoms with van der Waals surface area (Å²) in [5.41, 5.74) is 2.24. The van der Waals surface area contributed by atoms with E-state index in [1.807, 2.05) is 36.1 Å². The zero-order chi connectivity index (χ0) is 18.9. The summed E-state index contributed by atoms with van der Waals surface area (Å²) in [4.78, 5) is 20.1. The number of benzene rings is 1. The van der Waals surface area contributed by atoms with Crippen LogP contribution in [0.3, 0.4) is 0 Å². The molecule has 0 N–H and O–H groups in total. The van der Waals surface area contributed by atoms with Gasteiger partial charge in [0.25, 0.3) is 5.91 Å². The van der Waals surface area contributed by atoms with Gasteiger partial charge in [0, 0.05) is 12.6 Å². The van der Waals surface area contributed by atoms with Gasteiger partial charge in [-0.2, -0.15) is 0 Å². The van der Waals surface area contributed by atoms with Crippen LogP contribution >= 0.6 is 0 Å². The van der Waals surface area contributed by atoms with Crippen molar-refractivity contribution in [3.05, 3.63) is 29.8 Å². The third-order valence-electron chi connectivity index (χ3n) is 5.63. The molecule has 3 rings (SSSR count). The number of carbonyl (C=O) groups excluding carboxylic acids is 1. The molecule has 5 heteroatoms. The van der Waals surface area contributed by atoms with Gasteiger partial charge < -0.3 is 14.5 Å². The molecular weight excluding hydrogens is 328 g/mol. The first-order chi connectivity index (χ1) is 12.2. The number of hydrogen-bond acceptors (Lipinski definition) is 4. The Balaban J connectivity index is 1.57. The van der Waals surface area contributed by atoms with E-state index in [1.54, 1.807) is 7.11 Å². The van der Waals surface area contributed by atoms with Gasteiger partial charge in [-0.05, 0) is 66.8 Å². The number of nitrogens with zero attached hydrogens (tertiary/aromatic N) is 2. The van der Waals surface area contributed by atoms with Crippen molar-refractivity contribution in [1.29, 1.82) is 0 Å². The zero-order valence-electron chi connectivity index (χ0n) is 16.5. The van der Waals surface area contributed by atoms with Gasteiger partial charge in [-0.1, -0.05) is 25.9 Å². The van der Waals surface area contributed by atoms with Gasteiger partial charge in [0.1, 0.15) is 5.75 Å². The van der Waals surface area contributed by atoms with E-state index in [2.05, 4.69) is 25.9 Å². The molecule has 1 amide bonds. The van der Waals surface area contributed by atoms with Crippen LogP contribution in [0.4, 0.5) is 0 Å². The van der Waals surface area contributed by atoms with Crippen LogP contribution in [-0.2, 0) is 9.63 Å². The minimum absolute atomic E-state index is 0.000499. The molecule has 1 aliphatic heterocycles. The average molecular weight is 358 g/mol. The fourth-order valence-corrected chi connectivity index (χ4v) is 4.90. The lowest BCUT2D eigenvalue weighted by atomic mass is 9.65. The number of fused-ring (bicyclic) bond motifs is 2. The van der Waals surface area contributed by atoms with Crippen molar-refractivity contribution in [1.82, 2.24) is 4.90 Å². The molecule has 1 aromatic carbocycles. The SMILES string of the molecule is COc1ccc(/C(C)=N\OCC(=O)N2C[C@@]3(C)C[C@@H]2CC(C)(C)C3)cc1. The predicted octanol–water partition coefficient (Wildman–Crippen LogP) is 3.86.